The number of benzene rings is 1. The fourth-order valence-corrected chi connectivity index (χ4v) is 2.88. The molecular formula is C19H30N4O3. The summed E-state index contributed by atoms with van der Waals surface area (Å²) in [7, 11) is 5.84. The fraction of sp³-hybridized carbons (Fsp3) is 0.579. The number of carbonyl (C=O) groups is 2. The predicted octanol–water partition coefficient (Wildman–Crippen LogP) is 1.49. The molecule has 0 atom stereocenters. The van der Waals surface area contributed by atoms with E-state index in [2.05, 4.69) is 34.1 Å². The van der Waals surface area contributed by atoms with Crippen LogP contribution in [-0.2, 0) is 16.1 Å². The molecule has 2 amide bonds. The Labute approximate surface area is 156 Å². The Bertz CT molecular complexity index is 595. The van der Waals surface area contributed by atoms with Crippen LogP contribution in [0, 0.1) is 0 Å². The van der Waals surface area contributed by atoms with Gasteiger partial charge in [-0.3, -0.25) is 9.69 Å². The number of piperazine rings is 1. The van der Waals surface area contributed by atoms with Crippen LogP contribution >= 0.6 is 0 Å². The van der Waals surface area contributed by atoms with Crippen molar-refractivity contribution in [3.63, 3.8) is 0 Å². The van der Waals surface area contributed by atoms with Crippen LogP contribution in [0.5, 0.6) is 0 Å². The average molecular weight is 362 g/mol. The van der Waals surface area contributed by atoms with Gasteiger partial charge < -0.3 is 19.4 Å². The molecule has 0 spiro atoms. The molecule has 144 valence electrons. The molecule has 1 aliphatic rings. The van der Waals surface area contributed by atoms with Crippen LogP contribution in [0.15, 0.2) is 24.3 Å². The van der Waals surface area contributed by atoms with Gasteiger partial charge in [0.1, 0.15) is 0 Å². The van der Waals surface area contributed by atoms with Crippen molar-refractivity contribution in [2.24, 2.45) is 0 Å². The highest BCUT2D eigenvalue weighted by Crippen LogP contribution is 2.13. The zero-order valence-corrected chi connectivity index (χ0v) is 16.3. The minimum atomic E-state index is -0.267. The van der Waals surface area contributed by atoms with E-state index in [1.54, 1.807) is 16.7 Å². The first-order valence-electron chi connectivity index (χ1n) is 9.05. The quantitative estimate of drug-likeness (QED) is 0.767. The Morgan fingerprint density at radius 2 is 1.65 bits per heavy atom. The van der Waals surface area contributed by atoms with Crippen molar-refractivity contribution in [2.75, 3.05) is 65.4 Å². The van der Waals surface area contributed by atoms with Gasteiger partial charge in [-0.25, -0.2) is 4.79 Å². The van der Waals surface area contributed by atoms with Crippen molar-refractivity contribution in [1.29, 1.82) is 0 Å². The van der Waals surface area contributed by atoms with Gasteiger partial charge in [-0.05, 0) is 24.6 Å². The van der Waals surface area contributed by atoms with E-state index < -0.39 is 0 Å². The normalized spacial score (nSPS) is 14.8. The van der Waals surface area contributed by atoms with E-state index in [4.69, 9.17) is 4.74 Å². The van der Waals surface area contributed by atoms with Gasteiger partial charge in [0, 0.05) is 59.6 Å². The molecule has 26 heavy (non-hydrogen) atoms. The summed E-state index contributed by atoms with van der Waals surface area (Å²) in [6, 6.07) is 8.22. The number of hydrogen-bond acceptors (Lipinski definition) is 5. The molecule has 0 unspecified atom stereocenters. The number of nitrogens with zero attached hydrogens (tertiary/aromatic N) is 4. The number of anilines is 1. The Hall–Kier alpha value is -2.28. The first-order valence-corrected chi connectivity index (χ1v) is 9.05. The molecule has 1 aliphatic heterocycles. The summed E-state index contributed by atoms with van der Waals surface area (Å²) < 4.78 is 5.02. The molecule has 7 heteroatoms. The van der Waals surface area contributed by atoms with Crippen molar-refractivity contribution in [2.45, 2.75) is 13.5 Å². The van der Waals surface area contributed by atoms with Gasteiger partial charge in [0.15, 0.2) is 0 Å². The van der Waals surface area contributed by atoms with Crippen LogP contribution in [0.4, 0.5) is 10.5 Å². The molecular weight excluding hydrogens is 332 g/mol. The maximum atomic E-state index is 12.5. The van der Waals surface area contributed by atoms with Crippen molar-refractivity contribution >= 4 is 17.7 Å². The number of rotatable bonds is 6. The van der Waals surface area contributed by atoms with E-state index in [1.807, 2.05) is 21.1 Å². The van der Waals surface area contributed by atoms with E-state index in [-0.39, 0.29) is 12.0 Å². The smallest absolute Gasteiger partial charge is 0.409 e. The highest BCUT2D eigenvalue weighted by Gasteiger charge is 2.24. The van der Waals surface area contributed by atoms with Crippen LogP contribution < -0.4 is 4.90 Å². The summed E-state index contributed by atoms with van der Waals surface area (Å²) in [4.78, 5) is 31.8. The molecule has 0 aliphatic carbocycles. The van der Waals surface area contributed by atoms with Gasteiger partial charge in [-0.1, -0.05) is 12.1 Å². The SMILES string of the molecule is CCOC(=O)N1CCN(CC(=O)N(C)Cc2ccc(N(C)C)cc2)CC1. The molecule has 1 fully saturated rings. The Morgan fingerprint density at radius 1 is 1.04 bits per heavy atom. The fourth-order valence-electron chi connectivity index (χ4n) is 2.88. The molecule has 0 N–H and O–H groups in total. The van der Waals surface area contributed by atoms with Crippen LogP contribution in [0.25, 0.3) is 0 Å². The van der Waals surface area contributed by atoms with E-state index in [1.165, 1.54) is 0 Å². The first kappa shape index (κ1) is 20.0. The molecule has 1 saturated heterocycles. The molecule has 0 radical (unpaired) electrons. The zero-order valence-electron chi connectivity index (χ0n) is 16.3. The first-order chi connectivity index (χ1) is 12.4. The topological polar surface area (TPSA) is 56.3 Å². The third-order valence-electron chi connectivity index (χ3n) is 4.56. The summed E-state index contributed by atoms with van der Waals surface area (Å²) >= 11 is 0. The third kappa shape index (κ3) is 5.62. The molecule has 0 saturated carbocycles. The highest BCUT2D eigenvalue weighted by molar-refractivity contribution is 5.78. The van der Waals surface area contributed by atoms with Crippen LogP contribution in [0.2, 0.25) is 0 Å². The van der Waals surface area contributed by atoms with Gasteiger partial charge in [-0.2, -0.15) is 0 Å². The standard InChI is InChI=1S/C19H30N4O3/c1-5-26-19(25)23-12-10-22(11-13-23)15-18(24)21(4)14-16-6-8-17(9-7-16)20(2)3/h6-9H,5,10-15H2,1-4H3. The van der Waals surface area contributed by atoms with E-state index in [0.717, 1.165) is 11.3 Å². The maximum Gasteiger partial charge on any atom is 0.409 e. The molecule has 0 aromatic heterocycles. The van der Waals surface area contributed by atoms with E-state index in [0.29, 0.717) is 45.9 Å². The number of amides is 2. The van der Waals surface area contributed by atoms with Gasteiger partial charge >= 0.3 is 6.09 Å². The number of carbonyl (C=O) groups excluding carboxylic acids is 2. The number of ether oxygens (including phenoxy) is 1. The van der Waals surface area contributed by atoms with E-state index in [9.17, 15) is 9.59 Å². The Kier molecular flexibility index (Phi) is 7.26. The summed E-state index contributed by atoms with van der Waals surface area (Å²) in [6.07, 6.45) is -0.267. The lowest BCUT2D eigenvalue weighted by Crippen LogP contribution is -2.51. The maximum absolute atomic E-state index is 12.5. The van der Waals surface area contributed by atoms with Gasteiger partial charge in [0.2, 0.25) is 5.91 Å². The van der Waals surface area contributed by atoms with Gasteiger partial charge in [0.25, 0.3) is 0 Å². The molecule has 0 bridgehead atoms. The minimum Gasteiger partial charge on any atom is -0.450 e. The second-order valence-corrected chi connectivity index (χ2v) is 6.77. The predicted molar refractivity (Wildman–Crippen MR) is 102 cm³/mol. The Morgan fingerprint density at radius 3 is 2.19 bits per heavy atom. The lowest BCUT2D eigenvalue weighted by atomic mass is 10.2. The lowest BCUT2D eigenvalue weighted by molar-refractivity contribution is -0.132. The van der Waals surface area contributed by atoms with Crippen molar-refractivity contribution < 1.29 is 14.3 Å². The summed E-state index contributed by atoms with van der Waals surface area (Å²) in [5.41, 5.74) is 2.25. The molecule has 1 aromatic carbocycles. The number of hydrogen-bond donors (Lipinski definition) is 0. The second kappa shape index (κ2) is 9.43. The van der Waals surface area contributed by atoms with E-state index >= 15 is 0 Å². The third-order valence-corrected chi connectivity index (χ3v) is 4.56. The molecule has 1 aromatic rings. The van der Waals surface area contributed by atoms with Crippen molar-refractivity contribution in [1.82, 2.24) is 14.7 Å². The lowest BCUT2D eigenvalue weighted by Gasteiger charge is -2.34. The van der Waals surface area contributed by atoms with Gasteiger partial charge in [0.05, 0.1) is 13.2 Å². The van der Waals surface area contributed by atoms with Crippen molar-refractivity contribution in [3.05, 3.63) is 29.8 Å². The molecule has 2 rings (SSSR count). The summed E-state index contributed by atoms with van der Waals surface area (Å²) in [6.45, 7) is 5.74. The summed E-state index contributed by atoms with van der Waals surface area (Å²) in [5, 5.41) is 0. The monoisotopic (exact) mass is 362 g/mol. The molecule has 1 heterocycles. The van der Waals surface area contributed by atoms with Crippen LogP contribution in [0.1, 0.15) is 12.5 Å². The summed E-state index contributed by atoms with van der Waals surface area (Å²) in [5.74, 6) is 0.0891. The van der Waals surface area contributed by atoms with Crippen molar-refractivity contribution in [3.8, 4) is 0 Å². The van der Waals surface area contributed by atoms with Crippen LogP contribution in [0.3, 0.4) is 0 Å². The number of likely N-dealkylation sites (N-methyl/N-ethyl adjacent to an activating group) is 1. The second-order valence-electron chi connectivity index (χ2n) is 6.77. The average Bonchev–Trinajstić information content (AvgIpc) is 2.63. The zero-order chi connectivity index (χ0) is 19.1. The van der Waals surface area contributed by atoms with Gasteiger partial charge in [-0.15, -0.1) is 0 Å². The highest BCUT2D eigenvalue weighted by atomic mass is 16.6. The minimum absolute atomic E-state index is 0.0891. The Balaban J connectivity index is 1.78. The molecule has 7 nitrogen and oxygen atoms in total. The largest absolute Gasteiger partial charge is 0.450 e. The van der Waals surface area contributed by atoms with Crippen LogP contribution in [-0.4, -0.2) is 87.2 Å².